The summed E-state index contributed by atoms with van der Waals surface area (Å²) in [5, 5.41) is 8.43. The van der Waals surface area contributed by atoms with Gasteiger partial charge >= 0.3 is 12.3 Å². The summed E-state index contributed by atoms with van der Waals surface area (Å²) < 4.78 is 38.3. The Morgan fingerprint density at radius 2 is 2.07 bits per heavy atom. The van der Waals surface area contributed by atoms with Crippen molar-refractivity contribution < 1.29 is 27.8 Å². The van der Waals surface area contributed by atoms with Gasteiger partial charge in [0, 0.05) is 19.6 Å². The number of halogens is 3. The van der Waals surface area contributed by atoms with Crippen molar-refractivity contribution in [3.8, 4) is 0 Å². The summed E-state index contributed by atoms with van der Waals surface area (Å²) >= 11 is 0. The van der Waals surface area contributed by atoms with Crippen LogP contribution in [0.3, 0.4) is 0 Å². The highest BCUT2D eigenvalue weighted by atomic mass is 19.4. The molecule has 1 heterocycles. The largest absolute Gasteiger partial charge is 0.522 e. The fourth-order valence-corrected chi connectivity index (χ4v) is 1.53. The molecule has 15 heavy (non-hydrogen) atoms. The minimum Gasteiger partial charge on any atom is -0.481 e. The molecule has 0 bridgehead atoms. The molecule has 0 saturated carbocycles. The Bertz CT molecular complexity index is 226. The van der Waals surface area contributed by atoms with Crippen LogP contribution >= 0.6 is 0 Å². The average molecular weight is 227 g/mol. The monoisotopic (exact) mass is 227 g/mol. The van der Waals surface area contributed by atoms with Gasteiger partial charge in [0.05, 0.1) is 13.0 Å². The van der Waals surface area contributed by atoms with Crippen molar-refractivity contribution in [2.45, 2.75) is 12.8 Å². The summed E-state index contributed by atoms with van der Waals surface area (Å²) in [5.41, 5.74) is 0. The van der Waals surface area contributed by atoms with Crippen LogP contribution in [0.4, 0.5) is 13.2 Å². The van der Waals surface area contributed by atoms with E-state index in [2.05, 4.69) is 4.74 Å². The zero-order valence-corrected chi connectivity index (χ0v) is 7.96. The lowest BCUT2D eigenvalue weighted by atomic mass is 9.97. The lowest BCUT2D eigenvalue weighted by molar-refractivity contribution is -0.325. The topological polar surface area (TPSA) is 49.8 Å². The van der Waals surface area contributed by atoms with E-state index in [0.717, 1.165) is 0 Å². The van der Waals surface area contributed by atoms with Crippen LogP contribution in [0.5, 0.6) is 0 Å². The Morgan fingerprint density at radius 3 is 2.53 bits per heavy atom. The molecule has 0 unspecified atom stereocenters. The summed E-state index contributed by atoms with van der Waals surface area (Å²) in [7, 11) is 0. The Labute approximate surface area is 84.6 Å². The number of likely N-dealkylation sites (tertiary alicyclic amines) is 1. The lowest BCUT2D eigenvalue weighted by Crippen LogP contribution is -2.48. The number of aliphatic carboxylic acids is 1. The fourth-order valence-electron chi connectivity index (χ4n) is 1.53. The fraction of sp³-hybridized carbons (Fsp3) is 0.875. The number of carbonyl (C=O) groups is 1. The van der Waals surface area contributed by atoms with Gasteiger partial charge in [-0.3, -0.25) is 9.53 Å². The lowest BCUT2D eigenvalue weighted by Gasteiger charge is -2.38. The van der Waals surface area contributed by atoms with Crippen LogP contribution in [-0.4, -0.2) is 48.6 Å². The van der Waals surface area contributed by atoms with Crippen LogP contribution in [0.1, 0.15) is 6.42 Å². The molecule has 0 amide bonds. The standard InChI is InChI=1S/C8H12F3NO3/c9-8(10,11)15-2-1-12-4-6(5-12)3-7(13)14/h6H,1-5H2,(H,13,14). The van der Waals surface area contributed by atoms with E-state index in [0.29, 0.717) is 13.1 Å². The van der Waals surface area contributed by atoms with Crippen LogP contribution < -0.4 is 0 Å². The summed E-state index contributed by atoms with van der Waals surface area (Å²) in [6.45, 7) is 0.861. The van der Waals surface area contributed by atoms with Gasteiger partial charge in [-0.1, -0.05) is 0 Å². The van der Waals surface area contributed by atoms with Gasteiger partial charge in [0.15, 0.2) is 0 Å². The van der Waals surface area contributed by atoms with E-state index in [1.807, 2.05) is 0 Å². The van der Waals surface area contributed by atoms with Crippen LogP contribution in [0.25, 0.3) is 0 Å². The third-order valence-corrected chi connectivity index (χ3v) is 2.17. The Balaban J connectivity index is 2.01. The van der Waals surface area contributed by atoms with Gasteiger partial charge in [-0.05, 0) is 5.92 Å². The predicted molar refractivity (Wildman–Crippen MR) is 44.2 cm³/mol. The highest BCUT2D eigenvalue weighted by molar-refractivity contribution is 5.67. The molecule has 0 aromatic carbocycles. The molecule has 1 N–H and O–H groups in total. The molecule has 0 atom stereocenters. The molecular formula is C8H12F3NO3. The van der Waals surface area contributed by atoms with E-state index in [1.165, 1.54) is 0 Å². The van der Waals surface area contributed by atoms with Gasteiger partial charge < -0.3 is 10.0 Å². The molecule has 7 heteroatoms. The molecule has 1 saturated heterocycles. The van der Waals surface area contributed by atoms with Crippen molar-refractivity contribution in [1.82, 2.24) is 4.90 Å². The second kappa shape index (κ2) is 4.80. The molecule has 0 aliphatic carbocycles. The zero-order chi connectivity index (χ0) is 11.5. The van der Waals surface area contributed by atoms with E-state index >= 15 is 0 Å². The molecule has 1 rings (SSSR count). The number of hydrogen-bond acceptors (Lipinski definition) is 3. The zero-order valence-electron chi connectivity index (χ0n) is 7.96. The molecule has 4 nitrogen and oxygen atoms in total. The van der Waals surface area contributed by atoms with Gasteiger partial charge in [0.2, 0.25) is 0 Å². The molecule has 1 aliphatic rings. The average Bonchev–Trinajstić information content (AvgIpc) is 1.96. The minimum atomic E-state index is -4.58. The number of ether oxygens (including phenoxy) is 1. The maximum absolute atomic E-state index is 11.6. The maximum atomic E-state index is 11.6. The molecular weight excluding hydrogens is 215 g/mol. The van der Waals surface area contributed by atoms with Crippen LogP contribution in [0, 0.1) is 5.92 Å². The second-order valence-electron chi connectivity index (χ2n) is 3.52. The molecule has 0 aromatic heterocycles. The van der Waals surface area contributed by atoms with Crippen LogP contribution in [0.15, 0.2) is 0 Å². The van der Waals surface area contributed by atoms with E-state index in [1.54, 1.807) is 4.90 Å². The van der Waals surface area contributed by atoms with Crippen LogP contribution in [0.2, 0.25) is 0 Å². The Hall–Kier alpha value is -0.820. The van der Waals surface area contributed by atoms with Crippen molar-refractivity contribution >= 4 is 5.97 Å². The summed E-state index contributed by atoms with van der Waals surface area (Å²) in [6.07, 6.45) is -4.50. The van der Waals surface area contributed by atoms with Gasteiger partial charge in [0.25, 0.3) is 0 Å². The number of nitrogens with zero attached hydrogens (tertiary/aromatic N) is 1. The van der Waals surface area contributed by atoms with Crippen molar-refractivity contribution in [2.75, 3.05) is 26.2 Å². The third kappa shape index (κ3) is 4.98. The molecule has 1 aliphatic heterocycles. The first-order valence-electron chi connectivity index (χ1n) is 4.51. The summed E-state index contributed by atoms with van der Waals surface area (Å²) in [6, 6.07) is 0. The minimum absolute atomic E-state index is 0.0633. The SMILES string of the molecule is O=C(O)CC1CN(CCOC(F)(F)F)C1. The van der Waals surface area contributed by atoms with E-state index in [4.69, 9.17) is 5.11 Å². The molecule has 1 fully saturated rings. The first-order chi connectivity index (χ1) is 6.87. The number of hydrogen-bond donors (Lipinski definition) is 1. The van der Waals surface area contributed by atoms with Gasteiger partial charge in [0.1, 0.15) is 0 Å². The Kier molecular flexibility index (Phi) is 3.92. The smallest absolute Gasteiger partial charge is 0.481 e. The van der Waals surface area contributed by atoms with Gasteiger partial charge in [-0.15, -0.1) is 13.2 Å². The van der Waals surface area contributed by atoms with Crippen LogP contribution in [-0.2, 0) is 9.53 Å². The molecule has 0 aromatic rings. The maximum Gasteiger partial charge on any atom is 0.522 e. The first-order valence-corrected chi connectivity index (χ1v) is 4.51. The first kappa shape index (κ1) is 12.3. The van der Waals surface area contributed by atoms with E-state index in [-0.39, 0.29) is 18.9 Å². The quantitative estimate of drug-likeness (QED) is 0.759. The number of alkyl halides is 3. The molecule has 88 valence electrons. The molecule has 0 radical (unpaired) electrons. The van der Waals surface area contributed by atoms with E-state index in [9.17, 15) is 18.0 Å². The highest BCUT2D eigenvalue weighted by Crippen LogP contribution is 2.20. The van der Waals surface area contributed by atoms with Gasteiger partial charge in [-0.25, -0.2) is 0 Å². The molecule has 0 spiro atoms. The number of rotatable bonds is 5. The number of carboxylic acids is 1. The third-order valence-electron chi connectivity index (χ3n) is 2.17. The second-order valence-corrected chi connectivity index (χ2v) is 3.52. The highest BCUT2D eigenvalue weighted by Gasteiger charge is 2.31. The van der Waals surface area contributed by atoms with Crippen molar-refractivity contribution in [2.24, 2.45) is 5.92 Å². The van der Waals surface area contributed by atoms with E-state index < -0.39 is 18.9 Å². The summed E-state index contributed by atoms with van der Waals surface area (Å²) in [5.74, 6) is -0.806. The number of carboxylic acid groups (broad SMARTS) is 1. The summed E-state index contributed by atoms with van der Waals surface area (Å²) in [4.78, 5) is 12.0. The van der Waals surface area contributed by atoms with Crippen molar-refractivity contribution in [3.63, 3.8) is 0 Å². The predicted octanol–water partition coefficient (Wildman–Crippen LogP) is 0.929. The normalized spacial score (nSPS) is 18.9. The van der Waals surface area contributed by atoms with Gasteiger partial charge in [-0.2, -0.15) is 0 Å². The van der Waals surface area contributed by atoms with Crippen molar-refractivity contribution in [3.05, 3.63) is 0 Å². The van der Waals surface area contributed by atoms with Crippen molar-refractivity contribution in [1.29, 1.82) is 0 Å². The Morgan fingerprint density at radius 1 is 1.47 bits per heavy atom.